The Labute approximate surface area is 256 Å². The number of ketones is 1. The average Bonchev–Trinajstić information content (AvgIpc) is 3.25. The highest BCUT2D eigenvalue weighted by Crippen LogP contribution is 2.73. The molecule has 4 unspecified atom stereocenters. The number of Topliss-reactive ketones (excluding diaryl/α,β-unsaturated/α-hetero) is 1. The molecule has 6 rings (SSSR count). The number of ether oxygens (including phenoxy) is 1. The summed E-state index contributed by atoms with van der Waals surface area (Å²) in [6, 6.07) is 5.92. The summed E-state index contributed by atoms with van der Waals surface area (Å²) in [5.74, 6) is 1.26. The van der Waals surface area contributed by atoms with Crippen molar-refractivity contribution >= 4 is 23.3 Å². The van der Waals surface area contributed by atoms with Crippen molar-refractivity contribution in [2.75, 3.05) is 5.32 Å². The van der Waals surface area contributed by atoms with E-state index >= 15 is 0 Å². The molecule has 234 valence electrons. The fourth-order valence-electron chi connectivity index (χ4n) is 11.7. The summed E-state index contributed by atoms with van der Waals surface area (Å²) in [6.07, 6.45) is 8.15. The number of allylic oxidation sites excluding steroid dienone is 1. The molecule has 0 aromatic heterocycles. The van der Waals surface area contributed by atoms with Crippen LogP contribution in [0.15, 0.2) is 35.4 Å². The topological polar surface area (TPSA) is 72.5 Å². The number of amides is 1. The Kier molecular flexibility index (Phi) is 7.29. The van der Waals surface area contributed by atoms with Gasteiger partial charge in [0.2, 0.25) is 5.91 Å². The maximum absolute atomic E-state index is 14.2. The van der Waals surface area contributed by atoms with E-state index in [2.05, 4.69) is 46.9 Å². The third kappa shape index (κ3) is 4.47. The second-order valence-electron chi connectivity index (χ2n) is 16.1. The average molecular weight is 592 g/mol. The Morgan fingerprint density at radius 2 is 1.58 bits per heavy atom. The zero-order valence-electron chi connectivity index (χ0n) is 27.1. The summed E-state index contributed by atoms with van der Waals surface area (Å²) in [5.41, 5.74) is 1.99. The predicted molar refractivity (Wildman–Crippen MR) is 165 cm³/mol. The van der Waals surface area contributed by atoms with Crippen LogP contribution in [0, 0.1) is 57.1 Å². The second-order valence-corrected chi connectivity index (χ2v) is 16.1. The summed E-state index contributed by atoms with van der Waals surface area (Å²) in [7, 11) is 0. The Hall–Kier alpha value is -2.50. The number of nitrogens with one attached hydrogen (secondary N) is 1. The Bertz CT molecular complexity index is 1360. The Morgan fingerprint density at radius 3 is 2.23 bits per heavy atom. The normalized spacial score (nSPS) is 39.8. The number of carbonyl (C=O) groups excluding carboxylic acids is 3. The lowest BCUT2D eigenvalue weighted by atomic mass is 9.36. The minimum Gasteiger partial charge on any atom is -0.462 e. The number of rotatable bonds is 4. The van der Waals surface area contributed by atoms with Gasteiger partial charge in [-0.15, -0.1) is 0 Å². The van der Waals surface area contributed by atoms with E-state index in [1.807, 2.05) is 0 Å². The number of hydrogen-bond donors (Lipinski definition) is 1. The van der Waals surface area contributed by atoms with Crippen molar-refractivity contribution in [2.24, 2.45) is 51.2 Å². The van der Waals surface area contributed by atoms with E-state index in [0.29, 0.717) is 29.9 Å². The molecule has 5 aliphatic rings. The maximum Gasteiger partial charge on any atom is 0.302 e. The number of esters is 1. The first-order valence-corrected chi connectivity index (χ1v) is 16.7. The fourth-order valence-corrected chi connectivity index (χ4v) is 11.7. The summed E-state index contributed by atoms with van der Waals surface area (Å²) >= 11 is 0. The number of halogens is 1. The molecule has 0 saturated heterocycles. The van der Waals surface area contributed by atoms with Gasteiger partial charge in [0.25, 0.3) is 0 Å². The van der Waals surface area contributed by atoms with Crippen LogP contribution in [0.3, 0.4) is 0 Å². The van der Waals surface area contributed by atoms with E-state index in [1.54, 1.807) is 12.1 Å². The van der Waals surface area contributed by atoms with Crippen LogP contribution in [0.25, 0.3) is 0 Å². The lowest BCUT2D eigenvalue weighted by Crippen LogP contribution is -2.63. The maximum atomic E-state index is 14.2. The summed E-state index contributed by atoms with van der Waals surface area (Å²) < 4.78 is 19.5. The van der Waals surface area contributed by atoms with Crippen molar-refractivity contribution in [3.05, 3.63) is 41.2 Å². The zero-order valence-corrected chi connectivity index (χ0v) is 27.1. The van der Waals surface area contributed by atoms with Crippen LogP contribution in [0.1, 0.15) is 106 Å². The number of carbonyl (C=O) groups is 3. The van der Waals surface area contributed by atoms with Gasteiger partial charge in [-0.05, 0) is 127 Å². The van der Waals surface area contributed by atoms with Gasteiger partial charge in [-0.1, -0.05) is 41.5 Å². The molecular formula is C37H50FNO4. The number of anilines is 1. The monoisotopic (exact) mass is 591 g/mol. The first kappa shape index (κ1) is 30.5. The molecule has 43 heavy (non-hydrogen) atoms. The highest BCUT2D eigenvalue weighted by molar-refractivity contribution is 6.09. The van der Waals surface area contributed by atoms with Crippen molar-refractivity contribution in [1.29, 1.82) is 0 Å². The van der Waals surface area contributed by atoms with Crippen LogP contribution in [0.4, 0.5) is 10.1 Å². The van der Waals surface area contributed by atoms with Crippen LogP contribution < -0.4 is 5.32 Å². The summed E-state index contributed by atoms with van der Waals surface area (Å²) in [6.45, 7) is 15.4. The van der Waals surface area contributed by atoms with Gasteiger partial charge in [-0.25, -0.2) is 4.39 Å². The van der Waals surface area contributed by atoms with E-state index in [4.69, 9.17) is 4.74 Å². The SMILES string of the molecule is CC(=O)O[C@H]1CC[C@@]2(C)C(CC[C@@]3(C)C4CC[C@@]5(C(=O)Nc6ccc(F)cc6)CC(=O)C(C(C)C)=C5C4CCC32)C1(C)C. The van der Waals surface area contributed by atoms with E-state index in [1.165, 1.54) is 19.1 Å². The quantitative estimate of drug-likeness (QED) is 0.358. The first-order valence-electron chi connectivity index (χ1n) is 16.7. The van der Waals surface area contributed by atoms with E-state index in [9.17, 15) is 18.8 Å². The van der Waals surface area contributed by atoms with Crippen molar-refractivity contribution < 1.29 is 23.5 Å². The molecular weight excluding hydrogens is 541 g/mol. The van der Waals surface area contributed by atoms with Crippen LogP contribution >= 0.6 is 0 Å². The van der Waals surface area contributed by atoms with Gasteiger partial charge in [0.1, 0.15) is 11.9 Å². The molecule has 6 heteroatoms. The largest absolute Gasteiger partial charge is 0.462 e. The minimum atomic E-state index is -0.819. The van der Waals surface area contributed by atoms with Gasteiger partial charge in [0.05, 0.1) is 5.41 Å². The van der Waals surface area contributed by atoms with Crippen molar-refractivity contribution in [2.45, 2.75) is 112 Å². The molecule has 1 amide bonds. The molecule has 0 heterocycles. The van der Waals surface area contributed by atoms with E-state index in [0.717, 1.165) is 56.1 Å². The van der Waals surface area contributed by atoms with Gasteiger partial charge in [-0.2, -0.15) is 0 Å². The summed E-state index contributed by atoms with van der Waals surface area (Å²) in [4.78, 5) is 39.9. The molecule has 0 spiro atoms. The molecule has 0 aliphatic heterocycles. The molecule has 8 atom stereocenters. The molecule has 1 aromatic carbocycles. The zero-order chi connectivity index (χ0) is 31.1. The standard InChI is InChI=1S/C37H50FNO4/c1-21(2)31-27(41)20-37(33(42)39-24-10-8-23(38)9-11-24)19-14-26-25(32(31)37)12-13-29-35(26,6)17-15-28-34(4,5)30(43-22(3)40)16-18-36(28,29)7/h8-11,21,25-26,28-30H,12-20H2,1-7H3,(H,39,42)/t25?,26?,28?,29?,30-,35-,36-,37+/m0/s1. The van der Waals surface area contributed by atoms with Crippen molar-refractivity contribution in [1.82, 2.24) is 0 Å². The van der Waals surface area contributed by atoms with Gasteiger partial charge in [0.15, 0.2) is 5.78 Å². The van der Waals surface area contributed by atoms with Gasteiger partial charge < -0.3 is 10.1 Å². The molecule has 4 saturated carbocycles. The van der Waals surface area contributed by atoms with Crippen LogP contribution in [-0.2, 0) is 19.1 Å². The molecule has 4 fully saturated rings. The lowest BCUT2D eigenvalue weighted by molar-refractivity contribution is -0.212. The highest BCUT2D eigenvalue weighted by Gasteiger charge is 2.67. The number of benzene rings is 1. The van der Waals surface area contributed by atoms with E-state index in [-0.39, 0.29) is 64.1 Å². The van der Waals surface area contributed by atoms with Gasteiger partial charge in [-0.3, -0.25) is 14.4 Å². The van der Waals surface area contributed by atoms with Crippen molar-refractivity contribution in [3.8, 4) is 0 Å². The summed E-state index contributed by atoms with van der Waals surface area (Å²) in [5, 5.41) is 3.08. The minimum absolute atomic E-state index is 0.0399. The van der Waals surface area contributed by atoms with Crippen molar-refractivity contribution in [3.63, 3.8) is 0 Å². The third-order valence-corrected chi connectivity index (χ3v) is 13.4. The van der Waals surface area contributed by atoms with Crippen LogP contribution in [0.5, 0.6) is 0 Å². The second kappa shape index (κ2) is 10.3. The fraction of sp³-hybridized carbons (Fsp3) is 0.703. The van der Waals surface area contributed by atoms with Crippen LogP contribution in [-0.4, -0.2) is 23.8 Å². The van der Waals surface area contributed by atoms with Crippen LogP contribution in [0.2, 0.25) is 0 Å². The smallest absolute Gasteiger partial charge is 0.302 e. The predicted octanol–water partition coefficient (Wildman–Crippen LogP) is 8.29. The molecule has 1 N–H and O–H groups in total. The molecule has 0 bridgehead atoms. The van der Waals surface area contributed by atoms with Gasteiger partial charge >= 0.3 is 5.97 Å². The third-order valence-electron chi connectivity index (χ3n) is 13.4. The molecule has 5 aliphatic carbocycles. The molecule has 0 radical (unpaired) electrons. The Balaban J connectivity index is 1.35. The highest BCUT2D eigenvalue weighted by atomic mass is 19.1. The number of fused-ring (bicyclic) bond motifs is 7. The molecule has 5 nitrogen and oxygen atoms in total. The number of hydrogen-bond acceptors (Lipinski definition) is 4. The Morgan fingerprint density at radius 1 is 0.907 bits per heavy atom. The first-order chi connectivity index (χ1) is 20.1. The lowest BCUT2D eigenvalue weighted by Gasteiger charge is -2.68. The van der Waals surface area contributed by atoms with Gasteiger partial charge in [0, 0.05) is 24.4 Å². The molecule has 1 aromatic rings. The van der Waals surface area contributed by atoms with E-state index < -0.39 is 5.41 Å².